The van der Waals surface area contributed by atoms with E-state index >= 15 is 0 Å². The normalized spacial score (nSPS) is 25.4. The van der Waals surface area contributed by atoms with Gasteiger partial charge in [0.05, 0.1) is 33.0 Å². The third-order valence-electron chi connectivity index (χ3n) is 4.63. The molecule has 10 nitrogen and oxygen atoms in total. The number of hydrogen-bond acceptors (Lipinski definition) is 8. The molecule has 0 unspecified atom stereocenters. The lowest BCUT2D eigenvalue weighted by Crippen LogP contribution is -2.37. The maximum atomic E-state index is 11.3. The van der Waals surface area contributed by atoms with Crippen molar-refractivity contribution in [3.05, 3.63) is 0 Å². The fourth-order valence-corrected chi connectivity index (χ4v) is 3.11. The Balaban J connectivity index is 0.000000445. The van der Waals surface area contributed by atoms with Gasteiger partial charge in [0.1, 0.15) is 12.2 Å². The minimum atomic E-state index is -0.441. The molecule has 12 heteroatoms. The Morgan fingerprint density at radius 2 is 1.55 bits per heavy atom. The third-order valence-corrected chi connectivity index (χ3v) is 4.63. The first-order valence-corrected chi connectivity index (χ1v) is 9.67. The minimum Gasteiger partial charge on any atom is -0.442 e. The van der Waals surface area contributed by atoms with Gasteiger partial charge in [0.2, 0.25) is 0 Å². The summed E-state index contributed by atoms with van der Waals surface area (Å²) in [6.45, 7) is 6.04. The van der Waals surface area contributed by atoms with Crippen LogP contribution in [0.25, 0.3) is 0 Å². The van der Waals surface area contributed by atoms with Crippen molar-refractivity contribution in [2.75, 3.05) is 59.2 Å². The number of rotatable bonds is 4. The zero-order chi connectivity index (χ0) is 19.5. The molecular weight excluding hydrogens is 420 g/mol. The number of likely N-dealkylation sites (tertiary alicyclic amines) is 1. The molecule has 4 rings (SSSR count). The molecule has 0 aliphatic carbocycles. The van der Waals surface area contributed by atoms with Gasteiger partial charge in [0.15, 0.2) is 0 Å². The third kappa shape index (κ3) is 10.6. The van der Waals surface area contributed by atoms with E-state index in [1.807, 2.05) is 0 Å². The van der Waals surface area contributed by atoms with Crippen molar-refractivity contribution in [1.82, 2.24) is 20.4 Å². The number of cyclic esters (lactones) is 2. The molecule has 0 spiro atoms. The summed E-state index contributed by atoms with van der Waals surface area (Å²) in [4.78, 5) is 25.4. The Morgan fingerprint density at radius 3 is 1.93 bits per heavy atom. The Hall–Kier alpha value is -0.920. The number of amides is 2. The van der Waals surface area contributed by atoms with E-state index in [-0.39, 0.29) is 58.5 Å². The predicted octanol–water partition coefficient (Wildman–Crippen LogP) is -0.465. The van der Waals surface area contributed by atoms with Crippen molar-refractivity contribution in [3.63, 3.8) is 0 Å². The molecule has 4 N–H and O–H groups in total. The van der Waals surface area contributed by atoms with Crippen LogP contribution in [-0.2, 0) is 9.47 Å². The largest absolute Gasteiger partial charge is 0.442 e. The Labute approximate surface area is 186 Å². The van der Waals surface area contributed by atoms with Crippen LogP contribution in [0.3, 0.4) is 0 Å². The Kier molecular flexibility index (Phi) is 15.4. The molecule has 172 valence electrons. The molecule has 0 aromatic heterocycles. The van der Waals surface area contributed by atoms with Gasteiger partial charge < -0.3 is 30.3 Å². The fourth-order valence-electron chi connectivity index (χ4n) is 3.11. The highest BCUT2D eigenvalue weighted by Gasteiger charge is 2.32. The van der Waals surface area contributed by atoms with Gasteiger partial charge in [0.25, 0.3) is 0 Å². The number of aliphatic hydroxyl groups excluding tert-OH is 2. The molecule has 0 aromatic carbocycles. The first-order chi connectivity index (χ1) is 13.1. The Morgan fingerprint density at radius 1 is 0.931 bits per heavy atom. The summed E-state index contributed by atoms with van der Waals surface area (Å²) in [6, 6.07) is 0. The van der Waals surface area contributed by atoms with Gasteiger partial charge >= 0.3 is 12.2 Å². The first kappa shape index (κ1) is 28.1. The molecule has 0 bridgehead atoms. The summed E-state index contributed by atoms with van der Waals surface area (Å²) >= 11 is 0. The summed E-state index contributed by atoms with van der Waals surface area (Å²) in [5.74, 6) is 0. The average molecular weight is 457 g/mol. The summed E-state index contributed by atoms with van der Waals surface area (Å²) in [7, 11) is 0. The maximum absolute atomic E-state index is 11.3. The van der Waals surface area contributed by atoms with E-state index in [9.17, 15) is 9.59 Å². The number of carbonyl (C=O) groups excluding carboxylic acids is 2. The molecular formula is C17H36N4O6S2. The molecule has 2 amide bonds. The lowest BCUT2D eigenvalue weighted by atomic mass is 10.4. The van der Waals surface area contributed by atoms with Gasteiger partial charge in [-0.25, -0.2) is 9.59 Å². The molecule has 0 radical (unpaired) electrons. The second kappa shape index (κ2) is 15.9. The number of aliphatic hydroxyl groups is 2. The van der Waals surface area contributed by atoms with Gasteiger partial charge in [0, 0.05) is 0 Å². The van der Waals surface area contributed by atoms with Crippen LogP contribution in [-0.4, -0.2) is 104 Å². The maximum Gasteiger partial charge on any atom is 0.411 e. The number of nitrogens with zero attached hydrogens (tertiary/aromatic N) is 2. The second-order valence-corrected chi connectivity index (χ2v) is 6.93. The van der Waals surface area contributed by atoms with Crippen molar-refractivity contribution in [2.24, 2.45) is 0 Å². The van der Waals surface area contributed by atoms with E-state index in [2.05, 4.69) is 20.3 Å². The van der Waals surface area contributed by atoms with Gasteiger partial charge in [-0.1, -0.05) is 0 Å². The van der Waals surface area contributed by atoms with E-state index in [4.69, 9.17) is 14.9 Å². The number of nitrogens with one attached hydrogen (secondary N) is 2. The van der Waals surface area contributed by atoms with E-state index in [1.165, 1.54) is 38.8 Å². The van der Waals surface area contributed by atoms with Crippen LogP contribution < -0.4 is 10.6 Å². The smallest absolute Gasteiger partial charge is 0.411 e. The minimum absolute atomic E-state index is 0. The van der Waals surface area contributed by atoms with Crippen LogP contribution in [0.5, 0.6) is 0 Å². The van der Waals surface area contributed by atoms with E-state index in [0.717, 1.165) is 13.1 Å². The average Bonchev–Trinajstić information content (AvgIpc) is 3.46. The van der Waals surface area contributed by atoms with Gasteiger partial charge in [-0.2, -0.15) is 27.0 Å². The van der Waals surface area contributed by atoms with Gasteiger partial charge in [-0.05, 0) is 51.9 Å². The molecule has 4 heterocycles. The molecule has 2 atom stereocenters. The fraction of sp³-hybridized carbons (Fsp3) is 0.882. The molecule has 4 aliphatic rings. The lowest BCUT2D eigenvalue weighted by molar-refractivity contribution is 0.0935. The number of hydrogen-bond donors (Lipinski definition) is 4. The summed E-state index contributed by atoms with van der Waals surface area (Å²) in [5.41, 5.74) is 0. The van der Waals surface area contributed by atoms with Gasteiger partial charge in [-0.3, -0.25) is 9.80 Å². The second-order valence-electron chi connectivity index (χ2n) is 6.93. The standard InChI is InChI=1S/C9H16N2O3.C4H7NO3.C4H9N.2H2S/c12-6-8-5-11(9(13)14-8)7-10-3-1-2-4-10;6-2-3-1-5-4(7)8-3;1-2-4-5-3-1;;/h8,12H,1-7H2;3,6H,1-2H2,(H,5,7);5H,1-4H2;2*1H2/t8-;3-;;;/m00.../s1. The summed E-state index contributed by atoms with van der Waals surface area (Å²) in [6.07, 6.45) is 3.81. The summed E-state index contributed by atoms with van der Waals surface area (Å²) < 4.78 is 9.45. The first-order valence-electron chi connectivity index (χ1n) is 9.67. The Bertz CT molecular complexity index is 460. The monoisotopic (exact) mass is 456 g/mol. The predicted molar refractivity (Wildman–Crippen MR) is 118 cm³/mol. The number of ether oxygens (including phenoxy) is 2. The van der Waals surface area contributed by atoms with Crippen molar-refractivity contribution < 1.29 is 29.3 Å². The topological polar surface area (TPSA) is 124 Å². The molecule has 29 heavy (non-hydrogen) atoms. The number of alkyl carbamates (subject to hydrolysis) is 1. The summed E-state index contributed by atoms with van der Waals surface area (Å²) in [5, 5.41) is 22.8. The SMILES string of the molecule is C1CCNC1.O=C1NC[C@@H](CO)O1.O=C1O[C@H](CO)CN1CN1CCCC1.S.S. The van der Waals surface area contributed by atoms with Crippen molar-refractivity contribution in [3.8, 4) is 0 Å². The van der Waals surface area contributed by atoms with Crippen LogP contribution in [0.15, 0.2) is 0 Å². The van der Waals surface area contributed by atoms with Crippen molar-refractivity contribution in [2.45, 2.75) is 37.9 Å². The highest BCUT2D eigenvalue weighted by Crippen LogP contribution is 2.14. The molecule has 0 aromatic rings. The molecule has 4 fully saturated rings. The van der Waals surface area contributed by atoms with Crippen LogP contribution in [0.2, 0.25) is 0 Å². The zero-order valence-electron chi connectivity index (χ0n) is 16.8. The van der Waals surface area contributed by atoms with Crippen molar-refractivity contribution in [1.29, 1.82) is 0 Å². The van der Waals surface area contributed by atoms with E-state index in [1.54, 1.807) is 4.90 Å². The molecule has 4 aliphatic heterocycles. The van der Waals surface area contributed by atoms with E-state index < -0.39 is 6.09 Å². The van der Waals surface area contributed by atoms with E-state index in [0.29, 0.717) is 19.8 Å². The van der Waals surface area contributed by atoms with Crippen molar-refractivity contribution >= 4 is 39.2 Å². The highest BCUT2D eigenvalue weighted by atomic mass is 32.1. The van der Waals surface area contributed by atoms with Crippen LogP contribution in [0, 0.1) is 0 Å². The van der Waals surface area contributed by atoms with Crippen LogP contribution in [0.1, 0.15) is 25.7 Å². The molecule has 4 saturated heterocycles. The highest BCUT2D eigenvalue weighted by molar-refractivity contribution is 7.59. The van der Waals surface area contributed by atoms with Gasteiger partial charge in [-0.15, -0.1) is 0 Å². The quantitative estimate of drug-likeness (QED) is 0.448. The number of carbonyl (C=O) groups is 2. The van der Waals surface area contributed by atoms with Crippen LogP contribution in [0.4, 0.5) is 9.59 Å². The zero-order valence-corrected chi connectivity index (χ0v) is 18.8. The van der Waals surface area contributed by atoms with Crippen LogP contribution >= 0.6 is 27.0 Å². The molecule has 0 saturated carbocycles. The lowest BCUT2D eigenvalue weighted by Gasteiger charge is -2.20.